The first kappa shape index (κ1) is 40.4. The highest BCUT2D eigenvalue weighted by molar-refractivity contribution is 7.87. The van der Waals surface area contributed by atoms with Gasteiger partial charge in [-0.15, -0.1) is 0 Å². The number of allylic oxidation sites excluding steroid dienone is 2. The maximum atomic E-state index is 14.3. The number of aldehydes is 1. The minimum absolute atomic E-state index is 0.0512. The largest absolute Gasteiger partial charge is 0.465 e. The van der Waals surface area contributed by atoms with Gasteiger partial charge in [0.1, 0.15) is 30.9 Å². The zero-order chi connectivity index (χ0) is 39.4. The van der Waals surface area contributed by atoms with Crippen LogP contribution in [0.5, 0.6) is 0 Å². The lowest BCUT2D eigenvalue weighted by Crippen LogP contribution is -2.55. The van der Waals surface area contributed by atoms with Gasteiger partial charge < -0.3 is 28.5 Å². The van der Waals surface area contributed by atoms with Crippen molar-refractivity contribution >= 4 is 40.1 Å². The number of rotatable bonds is 11. The summed E-state index contributed by atoms with van der Waals surface area (Å²) in [7, 11) is -6.05. The molecule has 55 heavy (non-hydrogen) atoms. The summed E-state index contributed by atoms with van der Waals surface area (Å²) in [5.41, 5.74) is -2.24. The van der Waals surface area contributed by atoms with E-state index in [2.05, 4.69) is 0 Å². The molecule has 13 nitrogen and oxygen atoms in total. The normalized spacial score (nSPS) is 40.3. The number of halogens is 2. The molecule has 16 heteroatoms. The van der Waals surface area contributed by atoms with Crippen LogP contribution in [0.2, 0.25) is 0 Å². The van der Waals surface area contributed by atoms with E-state index in [4.69, 9.17) is 28.2 Å². The molecule has 0 aromatic heterocycles. The van der Waals surface area contributed by atoms with E-state index in [1.807, 2.05) is 13.0 Å². The molecule has 1 aliphatic heterocycles. The summed E-state index contributed by atoms with van der Waals surface area (Å²) in [6.45, 7) is 1.34. The van der Waals surface area contributed by atoms with Gasteiger partial charge in [0.15, 0.2) is 6.29 Å². The highest BCUT2D eigenvalue weighted by Crippen LogP contribution is 2.53. The van der Waals surface area contributed by atoms with Crippen LogP contribution < -0.4 is 0 Å². The first-order valence-corrected chi connectivity index (χ1v) is 21.2. The third-order valence-corrected chi connectivity index (χ3v) is 14.5. The molecule has 0 radical (unpaired) electrons. The first-order valence-electron chi connectivity index (χ1n) is 19.8. The first-order chi connectivity index (χ1) is 25.9. The average Bonchev–Trinajstić information content (AvgIpc) is 3.14. The molecule has 9 atom stereocenters. The summed E-state index contributed by atoms with van der Waals surface area (Å²) in [5.74, 6) is -4.46. The van der Waals surface area contributed by atoms with Crippen molar-refractivity contribution in [3.63, 3.8) is 0 Å². The van der Waals surface area contributed by atoms with Gasteiger partial charge >= 0.3 is 33.3 Å². The van der Waals surface area contributed by atoms with Crippen LogP contribution in [0.25, 0.3) is 0 Å². The average molecular weight is 799 g/mol. The van der Waals surface area contributed by atoms with E-state index in [9.17, 15) is 41.2 Å². The molecule has 6 aliphatic carbocycles. The summed E-state index contributed by atoms with van der Waals surface area (Å²) >= 11 is 0. The van der Waals surface area contributed by atoms with Crippen LogP contribution in [0.15, 0.2) is 11.6 Å². The van der Waals surface area contributed by atoms with Crippen LogP contribution in [-0.4, -0.2) is 86.5 Å². The van der Waals surface area contributed by atoms with Crippen molar-refractivity contribution in [2.24, 2.45) is 52.3 Å². The third-order valence-electron chi connectivity index (χ3n) is 13.7. The fourth-order valence-corrected chi connectivity index (χ4v) is 11.4. The van der Waals surface area contributed by atoms with Crippen molar-refractivity contribution in [1.29, 1.82) is 0 Å². The number of fused-ring (bicyclic) bond motifs is 6. The Hall–Kier alpha value is -2.82. The minimum Gasteiger partial charge on any atom is -0.465 e. The zero-order valence-electron chi connectivity index (χ0n) is 31.2. The van der Waals surface area contributed by atoms with E-state index in [0.717, 1.165) is 37.5 Å². The number of ether oxygens (including phenoxy) is 5. The Labute approximate surface area is 319 Å². The molecule has 306 valence electrons. The second kappa shape index (κ2) is 15.2. The fourth-order valence-electron chi connectivity index (χ4n) is 11.1. The van der Waals surface area contributed by atoms with Gasteiger partial charge in [-0.05, 0) is 88.9 Å². The highest BCUT2D eigenvalue weighted by atomic mass is 32.2. The van der Waals surface area contributed by atoms with Crippen LogP contribution in [0, 0.1) is 52.3 Å². The molecular formula is C39H52F2O13S. The molecule has 0 aromatic rings. The standard InChI is InChI=1S/C39H52F2O13S/c1-23-8-26-11-28(31(23)43)13-29(12-26)32(44)50-19-36(22-53-34(45)37-6-2-4-24(14-37)9-27(15-37)18-42)20-51-33(52-21-36)30-10-25-5-3-7-38(16-25,17-30)54-35(46)39(40,41)55(47,48)49/h8,18,23-25,27-30,33H,2-7,9-17,19-22H2,1H3,(H,47,48,49). The minimum atomic E-state index is -6.05. The lowest BCUT2D eigenvalue weighted by molar-refractivity contribution is -0.279. The second-order valence-electron chi connectivity index (χ2n) is 18.0. The number of hydrogen-bond acceptors (Lipinski definition) is 12. The lowest BCUT2D eigenvalue weighted by Gasteiger charge is -2.50. The lowest BCUT2D eigenvalue weighted by atomic mass is 9.59. The number of carbonyl (C=O) groups excluding carboxylic acids is 5. The number of carbonyl (C=O) groups is 5. The number of Topliss-reactive ketones (excluding diaryl/α,β-unsaturated/α-hetero) is 1. The fraction of sp³-hybridized carbons (Fsp3) is 0.821. The van der Waals surface area contributed by atoms with Crippen molar-refractivity contribution in [2.45, 2.75) is 120 Å². The smallest absolute Gasteiger partial charge is 0.465 e. The Balaban J connectivity index is 1.05. The van der Waals surface area contributed by atoms with Gasteiger partial charge in [-0.1, -0.05) is 37.8 Å². The van der Waals surface area contributed by atoms with E-state index in [0.29, 0.717) is 51.4 Å². The molecule has 7 rings (SSSR count). The number of hydrogen-bond donors (Lipinski definition) is 1. The monoisotopic (exact) mass is 798 g/mol. The molecule has 0 aromatic carbocycles. The number of ketones is 1. The maximum Gasteiger partial charge on any atom is 0.465 e. The summed E-state index contributed by atoms with van der Waals surface area (Å²) in [5, 5.41) is -5.13. The molecule has 6 fully saturated rings. The van der Waals surface area contributed by atoms with Crippen molar-refractivity contribution in [1.82, 2.24) is 0 Å². The molecule has 0 spiro atoms. The number of esters is 3. The Bertz CT molecular complexity index is 1690. The quantitative estimate of drug-likeness (QED) is 0.0953. The predicted molar refractivity (Wildman–Crippen MR) is 186 cm³/mol. The Kier molecular flexibility index (Phi) is 11.1. The van der Waals surface area contributed by atoms with Crippen LogP contribution in [-0.2, 0) is 57.8 Å². The van der Waals surface area contributed by atoms with Gasteiger partial charge in [-0.2, -0.15) is 17.2 Å². The summed E-state index contributed by atoms with van der Waals surface area (Å²) in [6, 6.07) is 0. The Morgan fingerprint density at radius 1 is 0.964 bits per heavy atom. The Morgan fingerprint density at radius 3 is 2.36 bits per heavy atom. The molecule has 5 saturated carbocycles. The van der Waals surface area contributed by atoms with E-state index < -0.39 is 67.8 Å². The van der Waals surface area contributed by atoms with Gasteiger partial charge in [-0.25, -0.2) is 4.79 Å². The second-order valence-corrected chi connectivity index (χ2v) is 19.5. The van der Waals surface area contributed by atoms with Crippen molar-refractivity contribution in [3.05, 3.63) is 11.6 Å². The van der Waals surface area contributed by atoms with Crippen LogP contribution in [0.3, 0.4) is 0 Å². The third kappa shape index (κ3) is 8.16. The van der Waals surface area contributed by atoms with Crippen molar-refractivity contribution in [3.8, 4) is 0 Å². The van der Waals surface area contributed by atoms with Gasteiger partial charge in [0.2, 0.25) is 0 Å². The molecule has 1 N–H and O–H groups in total. The molecule has 1 saturated heterocycles. The topological polar surface area (TPSA) is 186 Å². The van der Waals surface area contributed by atoms with Crippen molar-refractivity contribution in [2.75, 3.05) is 26.4 Å². The SMILES string of the molecule is CC1C=C2CC(C(=O)OCC3(COC(=O)C45CCCC(CC(C=O)C4)C5)COC(C4CC5CCCC(OC(=O)C(F)(F)S(=O)(=O)O)(C5)C4)OC3)CC(C2)C1=O. The molecular weight excluding hydrogens is 746 g/mol. The molecule has 7 aliphatic rings. The van der Waals surface area contributed by atoms with Crippen LogP contribution in [0.1, 0.15) is 103 Å². The van der Waals surface area contributed by atoms with E-state index in [-0.39, 0.29) is 81.1 Å². The van der Waals surface area contributed by atoms with E-state index in [1.165, 1.54) is 0 Å². The van der Waals surface area contributed by atoms with Gasteiger partial charge in [0.05, 0.1) is 30.0 Å². The predicted octanol–water partition coefficient (Wildman–Crippen LogP) is 5.14. The summed E-state index contributed by atoms with van der Waals surface area (Å²) < 4.78 is 89.9. The molecule has 9 unspecified atom stereocenters. The highest BCUT2D eigenvalue weighted by Gasteiger charge is 2.59. The van der Waals surface area contributed by atoms with E-state index >= 15 is 0 Å². The maximum absolute atomic E-state index is 14.3. The number of alkyl halides is 2. The summed E-state index contributed by atoms with van der Waals surface area (Å²) in [6.07, 6.45) is 10.1. The van der Waals surface area contributed by atoms with Gasteiger partial charge in [-0.3, -0.25) is 18.9 Å². The molecule has 1 heterocycles. The van der Waals surface area contributed by atoms with Crippen LogP contribution >= 0.6 is 0 Å². The van der Waals surface area contributed by atoms with Gasteiger partial charge in [0, 0.05) is 23.7 Å². The molecule has 0 amide bonds. The summed E-state index contributed by atoms with van der Waals surface area (Å²) in [4.78, 5) is 64.4. The van der Waals surface area contributed by atoms with Gasteiger partial charge in [0.25, 0.3) is 0 Å². The van der Waals surface area contributed by atoms with Crippen LogP contribution in [0.4, 0.5) is 8.78 Å². The van der Waals surface area contributed by atoms with Crippen molar-refractivity contribution < 1.29 is 69.4 Å². The zero-order valence-corrected chi connectivity index (χ0v) is 32.0. The molecule has 6 bridgehead atoms. The Morgan fingerprint density at radius 2 is 1.65 bits per heavy atom. The van der Waals surface area contributed by atoms with E-state index in [1.54, 1.807) is 0 Å².